The molecule has 0 aliphatic carbocycles. The number of amides is 2. The van der Waals surface area contributed by atoms with Crippen LogP contribution in [-0.2, 0) is 23.8 Å². The number of carbonyl (C=O) groups excluding carboxylic acids is 4. The summed E-state index contributed by atoms with van der Waals surface area (Å²) in [6.45, 7) is 4.20. The Morgan fingerprint density at radius 1 is 1.04 bits per heavy atom. The van der Waals surface area contributed by atoms with E-state index in [1.807, 2.05) is 0 Å². The van der Waals surface area contributed by atoms with Crippen LogP contribution in [0.2, 0.25) is 0 Å². The number of nitrogens with two attached hydrogens (primary N) is 1. The zero-order chi connectivity index (χ0) is 19.0. The topological polar surface area (TPSA) is 147 Å². The van der Waals surface area contributed by atoms with Crippen LogP contribution < -0.4 is 11.1 Å². The molecule has 138 valence electrons. The molecule has 1 heterocycles. The molecule has 1 aromatic rings. The number of esters is 2. The van der Waals surface area contributed by atoms with Crippen LogP contribution in [-0.4, -0.2) is 50.2 Å². The molecule has 0 radical (unpaired) electrons. The third-order valence-electron chi connectivity index (χ3n) is 2.85. The zero-order valence-electron chi connectivity index (χ0n) is 14.2. The van der Waals surface area contributed by atoms with Gasteiger partial charge in [0.15, 0.2) is 6.61 Å². The highest BCUT2D eigenvalue weighted by molar-refractivity contribution is 6.10. The lowest BCUT2D eigenvalue weighted by Crippen LogP contribution is -2.24. The third-order valence-corrected chi connectivity index (χ3v) is 2.85. The van der Waals surface area contributed by atoms with E-state index in [0.29, 0.717) is 6.61 Å². The molecule has 0 spiro atoms. The summed E-state index contributed by atoms with van der Waals surface area (Å²) in [5.41, 5.74) is 4.77. The van der Waals surface area contributed by atoms with Crippen LogP contribution in [0.5, 0.6) is 0 Å². The summed E-state index contributed by atoms with van der Waals surface area (Å²) < 4.78 is 19.6. The Labute approximate surface area is 143 Å². The van der Waals surface area contributed by atoms with Crippen molar-refractivity contribution >= 4 is 29.6 Å². The summed E-state index contributed by atoms with van der Waals surface area (Å²) in [4.78, 5) is 46.6. The molecule has 0 unspecified atom stereocenters. The predicted octanol–water partition coefficient (Wildman–Crippen LogP) is 0.382. The number of hydrogen-bond donors (Lipinski definition) is 2. The number of rotatable bonds is 9. The second-order valence-electron chi connectivity index (χ2n) is 4.67. The summed E-state index contributed by atoms with van der Waals surface area (Å²) in [6.07, 6.45) is 0. The van der Waals surface area contributed by atoms with E-state index in [0.717, 1.165) is 0 Å². The van der Waals surface area contributed by atoms with Crippen LogP contribution in [0.25, 0.3) is 0 Å². The highest BCUT2D eigenvalue weighted by Gasteiger charge is 2.29. The minimum Gasteiger partial charge on any atom is -0.462 e. The largest absolute Gasteiger partial charge is 0.462 e. The second-order valence-corrected chi connectivity index (χ2v) is 4.67. The molecule has 25 heavy (non-hydrogen) atoms. The lowest BCUT2D eigenvalue weighted by molar-refractivity contribution is -0.151. The SMILES string of the molecule is CCOCC(=O)OCC(=O)Nc1oc(C)c(C(=O)OCC)c1C(N)=O. The third kappa shape index (κ3) is 5.60. The van der Waals surface area contributed by atoms with Gasteiger partial charge in [0.25, 0.3) is 11.8 Å². The van der Waals surface area contributed by atoms with Crippen molar-refractivity contribution in [1.29, 1.82) is 0 Å². The Hall–Kier alpha value is -2.88. The Balaban J connectivity index is 2.86. The van der Waals surface area contributed by atoms with Crippen LogP contribution in [0, 0.1) is 6.92 Å². The van der Waals surface area contributed by atoms with Gasteiger partial charge in [-0.3, -0.25) is 14.9 Å². The Morgan fingerprint density at radius 3 is 2.28 bits per heavy atom. The zero-order valence-corrected chi connectivity index (χ0v) is 14.2. The maximum atomic E-state index is 11.9. The van der Waals surface area contributed by atoms with E-state index in [2.05, 4.69) is 10.1 Å². The van der Waals surface area contributed by atoms with Crippen LogP contribution >= 0.6 is 0 Å². The molecule has 1 rings (SSSR count). The first-order valence-corrected chi connectivity index (χ1v) is 7.45. The molecule has 10 nitrogen and oxygen atoms in total. The van der Waals surface area contributed by atoms with Crippen molar-refractivity contribution in [1.82, 2.24) is 0 Å². The molecular formula is C15H20N2O8. The second kappa shape index (κ2) is 9.42. The van der Waals surface area contributed by atoms with Gasteiger partial charge in [-0.05, 0) is 20.8 Å². The lowest BCUT2D eigenvalue weighted by atomic mass is 10.1. The first-order valence-electron chi connectivity index (χ1n) is 7.45. The molecule has 0 fully saturated rings. The molecule has 0 saturated carbocycles. The Kier molecular flexibility index (Phi) is 7.60. The average Bonchev–Trinajstić information content (AvgIpc) is 2.87. The summed E-state index contributed by atoms with van der Waals surface area (Å²) in [6, 6.07) is 0. The highest BCUT2D eigenvalue weighted by atomic mass is 16.6. The Morgan fingerprint density at radius 2 is 1.72 bits per heavy atom. The fourth-order valence-corrected chi connectivity index (χ4v) is 1.85. The molecule has 10 heteroatoms. The molecule has 1 aromatic heterocycles. The minimum atomic E-state index is -0.983. The van der Waals surface area contributed by atoms with Gasteiger partial charge >= 0.3 is 11.9 Å². The fraction of sp³-hybridized carbons (Fsp3) is 0.467. The average molecular weight is 356 g/mol. The van der Waals surface area contributed by atoms with Crippen molar-refractivity contribution in [2.75, 3.05) is 31.7 Å². The first kappa shape index (κ1) is 20.2. The van der Waals surface area contributed by atoms with Gasteiger partial charge in [-0.1, -0.05) is 0 Å². The molecular weight excluding hydrogens is 336 g/mol. The van der Waals surface area contributed by atoms with Crippen LogP contribution in [0.4, 0.5) is 5.88 Å². The molecule has 0 aliphatic rings. The quantitative estimate of drug-likeness (QED) is 0.604. The van der Waals surface area contributed by atoms with E-state index < -0.39 is 30.4 Å². The monoisotopic (exact) mass is 356 g/mol. The van der Waals surface area contributed by atoms with Crippen molar-refractivity contribution < 1.29 is 37.8 Å². The van der Waals surface area contributed by atoms with Gasteiger partial charge < -0.3 is 24.4 Å². The molecule has 0 atom stereocenters. The van der Waals surface area contributed by atoms with Crippen LogP contribution in [0.1, 0.15) is 40.3 Å². The van der Waals surface area contributed by atoms with E-state index in [1.165, 1.54) is 6.92 Å². The number of ether oxygens (including phenoxy) is 3. The summed E-state index contributed by atoms with van der Waals surface area (Å²) >= 11 is 0. The Bertz CT molecular complexity index is 665. The molecule has 0 saturated heterocycles. The number of carbonyl (C=O) groups is 4. The number of hydrogen-bond acceptors (Lipinski definition) is 8. The summed E-state index contributed by atoms with van der Waals surface area (Å²) in [5, 5.41) is 2.23. The maximum absolute atomic E-state index is 11.9. The van der Waals surface area contributed by atoms with Crippen LogP contribution in [0.15, 0.2) is 4.42 Å². The van der Waals surface area contributed by atoms with Gasteiger partial charge in [0.05, 0.1) is 6.61 Å². The van der Waals surface area contributed by atoms with Crippen molar-refractivity contribution in [3.8, 4) is 0 Å². The molecule has 0 aromatic carbocycles. The summed E-state index contributed by atoms with van der Waals surface area (Å²) in [5.74, 6) is -3.56. The van der Waals surface area contributed by atoms with E-state index in [4.69, 9.17) is 19.6 Å². The normalized spacial score (nSPS) is 10.2. The van der Waals surface area contributed by atoms with E-state index in [-0.39, 0.29) is 36.0 Å². The number of primary amides is 1. The van der Waals surface area contributed by atoms with Gasteiger partial charge in [0, 0.05) is 6.61 Å². The van der Waals surface area contributed by atoms with E-state index in [1.54, 1.807) is 13.8 Å². The van der Waals surface area contributed by atoms with Gasteiger partial charge in [-0.2, -0.15) is 0 Å². The van der Waals surface area contributed by atoms with Gasteiger partial charge in [0.2, 0.25) is 5.88 Å². The number of aryl methyl sites for hydroxylation is 1. The first-order chi connectivity index (χ1) is 11.8. The molecule has 0 bridgehead atoms. The van der Waals surface area contributed by atoms with Crippen molar-refractivity contribution in [2.24, 2.45) is 5.73 Å². The maximum Gasteiger partial charge on any atom is 0.342 e. The van der Waals surface area contributed by atoms with Crippen molar-refractivity contribution in [3.05, 3.63) is 16.9 Å². The van der Waals surface area contributed by atoms with Gasteiger partial charge in [-0.15, -0.1) is 0 Å². The smallest absolute Gasteiger partial charge is 0.342 e. The summed E-state index contributed by atoms with van der Waals surface area (Å²) in [7, 11) is 0. The lowest BCUT2D eigenvalue weighted by Gasteiger charge is -2.06. The van der Waals surface area contributed by atoms with Crippen molar-refractivity contribution in [2.45, 2.75) is 20.8 Å². The van der Waals surface area contributed by atoms with E-state index in [9.17, 15) is 19.2 Å². The highest BCUT2D eigenvalue weighted by Crippen LogP contribution is 2.27. The predicted molar refractivity (Wildman–Crippen MR) is 84.0 cm³/mol. The molecule has 2 amide bonds. The fourth-order valence-electron chi connectivity index (χ4n) is 1.85. The van der Waals surface area contributed by atoms with Gasteiger partial charge in [0.1, 0.15) is 23.5 Å². The van der Waals surface area contributed by atoms with Crippen LogP contribution in [0.3, 0.4) is 0 Å². The number of furan rings is 1. The van der Waals surface area contributed by atoms with Gasteiger partial charge in [-0.25, -0.2) is 9.59 Å². The molecule has 3 N–H and O–H groups in total. The minimum absolute atomic E-state index is 0.0518. The number of anilines is 1. The number of nitrogens with one attached hydrogen (secondary N) is 1. The molecule has 0 aliphatic heterocycles. The standard InChI is InChI=1S/C15H20N2O8/c1-4-22-7-10(19)24-6-9(18)17-14-12(13(16)20)11(8(3)25-14)15(21)23-5-2/h4-7H2,1-3H3,(H2,16,20)(H,17,18). The van der Waals surface area contributed by atoms with E-state index >= 15 is 0 Å². The van der Waals surface area contributed by atoms with Crippen molar-refractivity contribution in [3.63, 3.8) is 0 Å².